The molecule has 2 aromatic carbocycles. The van der Waals surface area contributed by atoms with Gasteiger partial charge in [0.05, 0.1) is 11.0 Å². The van der Waals surface area contributed by atoms with Gasteiger partial charge in [-0.25, -0.2) is 4.98 Å². The first-order valence-corrected chi connectivity index (χ1v) is 12.4. The summed E-state index contributed by atoms with van der Waals surface area (Å²) in [7, 11) is 0. The van der Waals surface area contributed by atoms with Crippen molar-refractivity contribution in [3.05, 3.63) is 64.9 Å². The fourth-order valence-corrected chi connectivity index (χ4v) is 4.59. The molecule has 0 unspecified atom stereocenters. The number of aryl methyl sites for hydroxylation is 1. The Hall–Kier alpha value is -2.86. The van der Waals surface area contributed by atoms with Gasteiger partial charge >= 0.3 is 0 Å². The van der Waals surface area contributed by atoms with Crippen LogP contribution in [-0.2, 0) is 17.8 Å². The number of nitrogens with zero attached hydrogens (tertiary/aromatic N) is 3. The van der Waals surface area contributed by atoms with Crippen LogP contribution in [0.4, 0.5) is 0 Å². The summed E-state index contributed by atoms with van der Waals surface area (Å²) in [5.41, 5.74) is 2.48. The molecule has 34 heavy (non-hydrogen) atoms. The number of amides is 2. The smallest absolute Gasteiger partial charge is 0.251 e. The molecular weight excluding hydrogens is 448 g/mol. The largest absolute Gasteiger partial charge is 0.352 e. The maximum atomic E-state index is 13.1. The normalized spacial score (nSPS) is 11.4. The van der Waals surface area contributed by atoms with Crippen molar-refractivity contribution in [2.24, 2.45) is 0 Å². The molecule has 0 fully saturated rings. The van der Waals surface area contributed by atoms with Gasteiger partial charge in [0.15, 0.2) is 0 Å². The second-order valence-corrected chi connectivity index (χ2v) is 9.60. The summed E-state index contributed by atoms with van der Waals surface area (Å²) in [5, 5.41) is 3.50. The van der Waals surface area contributed by atoms with Crippen LogP contribution in [0.5, 0.6) is 0 Å². The molecule has 7 heteroatoms. The Morgan fingerprint density at radius 3 is 2.44 bits per heavy atom. The molecule has 0 radical (unpaired) electrons. The zero-order chi connectivity index (χ0) is 24.7. The standard InChI is InChI=1S/C27H35ClN4O2/c1-19(2)32(20(3)4)26(33)18-31-24-14-8-7-13-23(24)30-25(31)15-6-5-9-16-29-27(34)21-11-10-12-22(28)17-21/h7-8,10-14,17,19-20H,5-6,9,15-16,18H2,1-4H3,(H,29,34). The van der Waals surface area contributed by atoms with E-state index < -0.39 is 0 Å². The summed E-state index contributed by atoms with van der Waals surface area (Å²) in [4.78, 5) is 32.1. The van der Waals surface area contributed by atoms with Crippen molar-refractivity contribution in [3.8, 4) is 0 Å². The molecule has 0 atom stereocenters. The molecule has 0 spiro atoms. The van der Waals surface area contributed by atoms with Gasteiger partial charge in [0.1, 0.15) is 12.4 Å². The van der Waals surface area contributed by atoms with Gasteiger partial charge in [0.2, 0.25) is 5.91 Å². The topological polar surface area (TPSA) is 67.2 Å². The van der Waals surface area contributed by atoms with Gasteiger partial charge in [0, 0.05) is 35.6 Å². The molecule has 3 aromatic rings. The van der Waals surface area contributed by atoms with E-state index in [0.717, 1.165) is 42.5 Å². The summed E-state index contributed by atoms with van der Waals surface area (Å²) in [6.07, 6.45) is 3.55. The predicted molar refractivity (Wildman–Crippen MR) is 138 cm³/mol. The molecule has 0 aliphatic heterocycles. The van der Waals surface area contributed by atoms with Crippen LogP contribution < -0.4 is 5.32 Å². The molecule has 0 saturated carbocycles. The number of rotatable bonds is 11. The second-order valence-electron chi connectivity index (χ2n) is 9.17. The molecule has 182 valence electrons. The Balaban J connectivity index is 1.57. The van der Waals surface area contributed by atoms with E-state index in [4.69, 9.17) is 16.6 Å². The summed E-state index contributed by atoms with van der Waals surface area (Å²) in [6.45, 7) is 9.11. The summed E-state index contributed by atoms with van der Waals surface area (Å²) < 4.78 is 2.07. The van der Waals surface area contributed by atoms with Gasteiger partial charge in [-0.2, -0.15) is 0 Å². The van der Waals surface area contributed by atoms with Gasteiger partial charge in [-0.3, -0.25) is 9.59 Å². The number of nitrogens with one attached hydrogen (secondary N) is 1. The lowest BCUT2D eigenvalue weighted by molar-refractivity contribution is -0.135. The number of carbonyl (C=O) groups is 2. The SMILES string of the molecule is CC(C)N(C(=O)Cn1c(CCCCCNC(=O)c2cccc(Cl)c2)nc2ccccc21)C(C)C. The number of unbranched alkanes of at least 4 members (excludes halogenated alkanes) is 2. The van der Waals surface area contributed by atoms with E-state index >= 15 is 0 Å². The first-order chi connectivity index (χ1) is 16.3. The van der Waals surface area contributed by atoms with Crippen LogP contribution in [0, 0.1) is 0 Å². The highest BCUT2D eigenvalue weighted by Crippen LogP contribution is 2.19. The van der Waals surface area contributed by atoms with Crippen LogP contribution >= 0.6 is 11.6 Å². The number of benzene rings is 2. The van der Waals surface area contributed by atoms with Gasteiger partial charge in [0.25, 0.3) is 5.91 Å². The zero-order valence-corrected chi connectivity index (χ0v) is 21.3. The number of aromatic nitrogens is 2. The van der Waals surface area contributed by atoms with Crippen LogP contribution in [0.3, 0.4) is 0 Å². The highest BCUT2D eigenvalue weighted by Gasteiger charge is 2.22. The number of hydrogen-bond acceptors (Lipinski definition) is 3. The summed E-state index contributed by atoms with van der Waals surface area (Å²) in [6, 6.07) is 15.2. The quantitative estimate of drug-likeness (QED) is 0.368. The van der Waals surface area contributed by atoms with E-state index in [1.54, 1.807) is 24.3 Å². The third-order valence-electron chi connectivity index (χ3n) is 5.88. The first kappa shape index (κ1) is 25.8. The maximum Gasteiger partial charge on any atom is 0.251 e. The van der Waals surface area contributed by atoms with Gasteiger partial charge in [-0.1, -0.05) is 36.2 Å². The maximum absolute atomic E-state index is 13.1. The van der Waals surface area contributed by atoms with Gasteiger partial charge in [-0.15, -0.1) is 0 Å². The van der Waals surface area contributed by atoms with Crippen LogP contribution in [0.2, 0.25) is 5.02 Å². The van der Waals surface area contributed by atoms with Crippen molar-refractivity contribution < 1.29 is 9.59 Å². The monoisotopic (exact) mass is 482 g/mol. The van der Waals surface area contributed by atoms with Crippen LogP contribution in [-0.4, -0.2) is 44.9 Å². The van der Waals surface area contributed by atoms with Crippen molar-refractivity contribution in [2.45, 2.75) is 72.0 Å². The minimum absolute atomic E-state index is 0.109. The Bertz CT molecular complexity index is 1110. The average Bonchev–Trinajstić information content (AvgIpc) is 3.12. The van der Waals surface area contributed by atoms with Crippen molar-refractivity contribution in [1.82, 2.24) is 19.8 Å². The molecule has 0 bridgehead atoms. The minimum Gasteiger partial charge on any atom is -0.352 e. The van der Waals surface area contributed by atoms with Crippen LogP contribution in [0.15, 0.2) is 48.5 Å². The van der Waals surface area contributed by atoms with Crippen LogP contribution in [0.25, 0.3) is 11.0 Å². The summed E-state index contributed by atoms with van der Waals surface area (Å²) in [5.74, 6) is 0.936. The third-order valence-corrected chi connectivity index (χ3v) is 6.11. The van der Waals surface area contributed by atoms with E-state index in [9.17, 15) is 9.59 Å². The average molecular weight is 483 g/mol. The zero-order valence-electron chi connectivity index (χ0n) is 20.6. The molecule has 3 rings (SSSR count). The van der Waals surface area contributed by atoms with E-state index in [0.29, 0.717) is 23.7 Å². The van der Waals surface area contributed by atoms with E-state index in [1.165, 1.54) is 0 Å². The van der Waals surface area contributed by atoms with Crippen LogP contribution in [0.1, 0.15) is 63.1 Å². The van der Waals surface area contributed by atoms with E-state index in [-0.39, 0.29) is 23.9 Å². The van der Waals surface area contributed by atoms with Gasteiger partial charge in [-0.05, 0) is 70.9 Å². The van der Waals surface area contributed by atoms with Crippen molar-refractivity contribution in [3.63, 3.8) is 0 Å². The molecule has 0 aliphatic rings. The lowest BCUT2D eigenvalue weighted by Gasteiger charge is -2.31. The Labute approximate surface area is 207 Å². The highest BCUT2D eigenvalue weighted by atomic mass is 35.5. The number of hydrogen-bond donors (Lipinski definition) is 1. The fourth-order valence-electron chi connectivity index (χ4n) is 4.40. The van der Waals surface area contributed by atoms with Gasteiger partial charge < -0.3 is 14.8 Å². The number of halogens is 1. The van der Waals surface area contributed by atoms with Crippen molar-refractivity contribution in [2.75, 3.05) is 6.54 Å². The van der Waals surface area contributed by atoms with Crippen molar-refractivity contribution >= 4 is 34.4 Å². The number of carbonyl (C=O) groups excluding carboxylic acids is 2. The molecular formula is C27H35ClN4O2. The molecule has 0 aliphatic carbocycles. The molecule has 1 aromatic heterocycles. The van der Waals surface area contributed by atoms with E-state index in [2.05, 4.69) is 37.6 Å². The second kappa shape index (κ2) is 12.0. The lowest BCUT2D eigenvalue weighted by Crippen LogP contribution is -2.43. The number of fused-ring (bicyclic) bond motifs is 1. The lowest BCUT2D eigenvalue weighted by atomic mass is 10.1. The molecule has 0 saturated heterocycles. The Morgan fingerprint density at radius 1 is 1.00 bits per heavy atom. The fraction of sp³-hybridized carbons (Fsp3) is 0.444. The summed E-state index contributed by atoms with van der Waals surface area (Å²) >= 11 is 5.96. The number of para-hydroxylation sites is 2. The predicted octanol–water partition coefficient (Wildman–Crippen LogP) is 5.48. The first-order valence-electron chi connectivity index (χ1n) is 12.1. The number of imidazole rings is 1. The molecule has 1 N–H and O–H groups in total. The molecule has 6 nitrogen and oxygen atoms in total. The highest BCUT2D eigenvalue weighted by molar-refractivity contribution is 6.30. The third kappa shape index (κ3) is 6.60. The Morgan fingerprint density at radius 2 is 1.74 bits per heavy atom. The molecule has 2 amide bonds. The van der Waals surface area contributed by atoms with E-state index in [1.807, 2.05) is 29.2 Å². The molecule has 1 heterocycles. The van der Waals surface area contributed by atoms with Crippen molar-refractivity contribution in [1.29, 1.82) is 0 Å². The minimum atomic E-state index is -0.109. The Kier molecular flexibility index (Phi) is 9.11.